The maximum atomic E-state index is 12.0. The van der Waals surface area contributed by atoms with Gasteiger partial charge < -0.3 is 9.64 Å². The first-order chi connectivity index (χ1) is 8.42. The van der Waals surface area contributed by atoms with Crippen LogP contribution >= 0.6 is 0 Å². The molecule has 0 saturated carbocycles. The summed E-state index contributed by atoms with van der Waals surface area (Å²) in [6.07, 6.45) is 0. The number of ether oxygens (including phenoxy) is 1. The van der Waals surface area contributed by atoms with E-state index >= 15 is 0 Å². The van der Waals surface area contributed by atoms with Gasteiger partial charge in [-0.05, 0) is 33.2 Å². The molecule has 1 rings (SSSR count). The zero-order valence-electron chi connectivity index (χ0n) is 11.2. The first-order valence-electron chi connectivity index (χ1n) is 5.94. The molecular formula is C13H21NO3S. The number of nitrogens with zero attached hydrogens (tertiary/aromatic N) is 1. The van der Waals surface area contributed by atoms with E-state index in [1.807, 2.05) is 25.9 Å². The lowest BCUT2D eigenvalue weighted by Crippen LogP contribution is -2.20. The second-order valence-corrected chi connectivity index (χ2v) is 6.66. The minimum absolute atomic E-state index is 0.0312. The third-order valence-electron chi connectivity index (χ3n) is 2.56. The fourth-order valence-corrected chi connectivity index (χ4v) is 2.51. The lowest BCUT2D eigenvalue weighted by atomic mass is 10.2. The molecule has 0 saturated heterocycles. The summed E-state index contributed by atoms with van der Waals surface area (Å²) in [4.78, 5) is 2.36. The summed E-state index contributed by atoms with van der Waals surface area (Å²) in [6, 6.07) is 6.90. The molecule has 0 bridgehead atoms. The van der Waals surface area contributed by atoms with Gasteiger partial charge in [0.15, 0.2) is 9.84 Å². The van der Waals surface area contributed by atoms with Crippen molar-refractivity contribution in [3.63, 3.8) is 0 Å². The van der Waals surface area contributed by atoms with Gasteiger partial charge in [0, 0.05) is 6.54 Å². The predicted octanol–water partition coefficient (Wildman–Crippen LogP) is 1.35. The summed E-state index contributed by atoms with van der Waals surface area (Å²) in [7, 11) is 0.685. The summed E-state index contributed by atoms with van der Waals surface area (Å²) in [6.45, 7) is 3.52. The maximum Gasteiger partial charge on any atom is 0.180 e. The van der Waals surface area contributed by atoms with E-state index < -0.39 is 9.84 Å². The number of hydrogen-bond acceptors (Lipinski definition) is 4. The third kappa shape index (κ3) is 5.16. The first kappa shape index (κ1) is 15.1. The first-order valence-corrected chi connectivity index (χ1v) is 7.59. The summed E-state index contributed by atoms with van der Waals surface area (Å²) in [5.41, 5.74) is 1.05. The summed E-state index contributed by atoms with van der Waals surface area (Å²) < 4.78 is 29.2. The van der Waals surface area contributed by atoms with Crippen molar-refractivity contribution in [1.29, 1.82) is 0 Å². The van der Waals surface area contributed by atoms with Crippen LogP contribution in [0.15, 0.2) is 29.2 Å². The minimum Gasteiger partial charge on any atom is -0.379 e. The molecule has 4 nitrogen and oxygen atoms in total. The number of rotatable bonds is 7. The molecule has 0 atom stereocenters. The quantitative estimate of drug-likeness (QED) is 0.702. The normalized spacial score (nSPS) is 12.0. The fourth-order valence-electron chi connectivity index (χ4n) is 1.38. The van der Waals surface area contributed by atoms with Crippen LogP contribution in [0.5, 0.6) is 0 Å². The molecule has 18 heavy (non-hydrogen) atoms. The number of hydrogen-bond donors (Lipinski definition) is 0. The average Bonchev–Trinajstić information content (AvgIpc) is 2.28. The van der Waals surface area contributed by atoms with Crippen LogP contribution in [0.1, 0.15) is 5.56 Å². The Kier molecular flexibility index (Phi) is 5.78. The van der Waals surface area contributed by atoms with E-state index in [0.717, 1.165) is 12.1 Å². The van der Waals surface area contributed by atoms with E-state index in [0.29, 0.717) is 11.5 Å². The van der Waals surface area contributed by atoms with Gasteiger partial charge >= 0.3 is 0 Å². The lowest BCUT2D eigenvalue weighted by Gasteiger charge is -2.10. The highest BCUT2D eigenvalue weighted by Gasteiger charge is 2.13. The minimum atomic E-state index is -3.22. The van der Waals surface area contributed by atoms with E-state index in [1.165, 1.54) is 0 Å². The van der Waals surface area contributed by atoms with E-state index in [-0.39, 0.29) is 12.4 Å². The van der Waals surface area contributed by atoms with E-state index in [4.69, 9.17) is 4.74 Å². The molecule has 0 heterocycles. The smallest absolute Gasteiger partial charge is 0.180 e. The SMILES string of the molecule is Cc1ccc(S(=O)(=O)CCOCCN(C)C)cc1. The van der Waals surface area contributed by atoms with Crippen LogP contribution < -0.4 is 0 Å². The molecule has 0 N–H and O–H groups in total. The molecule has 1 aromatic rings. The van der Waals surface area contributed by atoms with Gasteiger partial charge in [0.2, 0.25) is 0 Å². The Morgan fingerprint density at radius 2 is 1.72 bits per heavy atom. The molecule has 102 valence electrons. The molecule has 0 fully saturated rings. The van der Waals surface area contributed by atoms with Crippen LogP contribution in [0, 0.1) is 6.92 Å². The predicted molar refractivity (Wildman–Crippen MR) is 72.6 cm³/mol. The molecule has 0 aromatic heterocycles. The molecule has 0 aliphatic rings. The third-order valence-corrected chi connectivity index (χ3v) is 4.25. The molecule has 0 aliphatic heterocycles. The average molecular weight is 271 g/mol. The van der Waals surface area contributed by atoms with E-state index in [1.54, 1.807) is 24.3 Å². The zero-order chi connectivity index (χ0) is 13.6. The Morgan fingerprint density at radius 1 is 1.11 bits per heavy atom. The molecule has 5 heteroatoms. The van der Waals surface area contributed by atoms with Gasteiger partial charge in [0.05, 0.1) is 23.9 Å². The number of sulfone groups is 1. The van der Waals surface area contributed by atoms with Gasteiger partial charge in [-0.3, -0.25) is 0 Å². The van der Waals surface area contributed by atoms with Gasteiger partial charge in [-0.1, -0.05) is 17.7 Å². The lowest BCUT2D eigenvalue weighted by molar-refractivity contribution is 0.130. The second kappa shape index (κ2) is 6.87. The summed E-state index contributed by atoms with van der Waals surface area (Å²) >= 11 is 0. The number of aryl methyl sites for hydroxylation is 1. The maximum absolute atomic E-state index is 12.0. The largest absolute Gasteiger partial charge is 0.379 e. The molecule has 0 unspecified atom stereocenters. The topological polar surface area (TPSA) is 46.6 Å². The van der Waals surface area contributed by atoms with Crippen molar-refractivity contribution >= 4 is 9.84 Å². The molecular weight excluding hydrogens is 250 g/mol. The van der Waals surface area contributed by atoms with Crippen molar-refractivity contribution in [3.05, 3.63) is 29.8 Å². The van der Waals surface area contributed by atoms with Gasteiger partial charge in [-0.25, -0.2) is 8.42 Å². The van der Waals surface area contributed by atoms with Crippen molar-refractivity contribution in [2.45, 2.75) is 11.8 Å². The van der Waals surface area contributed by atoms with Gasteiger partial charge in [0.1, 0.15) is 0 Å². The van der Waals surface area contributed by atoms with Crippen LogP contribution in [0.3, 0.4) is 0 Å². The Labute approximate surface area is 109 Å². The van der Waals surface area contributed by atoms with Crippen molar-refractivity contribution in [1.82, 2.24) is 4.90 Å². The van der Waals surface area contributed by atoms with Gasteiger partial charge in [-0.15, -0.1) is 0 Å². The van der Waals surface area contributed by atoms with Crippen molar-refractivity contribution in [2.24, 2.45) is 0 Å². The summed E-state index contributed by atoms with van der Waals surface area (Å²) in [5, 5.41) is 0. The highest BCUT2D eigenvalue weighted by Crippen LogP contribution is 2.11. The van der Waals surface area contributed by atoms with E-state index in [9.17, 15) is 8.42 Å². The fraction of sp³-hybridized carbons (Fsp3) is 0.538. The van der Waals surface area contributed by atoms with Crippen LogP contribution in [0.25, 0.3) is 0 Å². The van der Waals surface area contributed by atoms with Crippen LogP contribution in [-0.2, 0) is 14.6 Å². The zero-order valence-corrected chi connectivity index (χ0v) is 12.0. The molecule has 0 aliphatic carbocycles. The molecule has 0 spiro atoms. The van der Waals surface area contributed by atoms with Crippen LogP contribution in [0.2, 0.25) is 0 Å². The van der Waals surface area contributed by atoms with E-state index in [2.05, 4.69) is 0 Å². The monoisotopic (exact) mass is 271 g/mol. The Bertz CT molecular complexity index is 452. The van der Waals surface area contributed by atoms with Crippen molar-refractivity contribution in [2.75, 3.05) is 39.6 Å². The van der Waals surface area contributed by atoms with Gasteiger partial charge in [-0.2, -0.15) is 0 Å². The summed E-state index contributed by atoms with van der Waals surface area (Å²) in [5.74, 6) is 0.0312. The molecule has 0 amide bonds. The molecule has 1 aromatic carbocycles. The van der Waals surface area contributed by atoms with Crippen molar-refractivity contribution < 1.29 is 13.2 Å². The van der Waals surface area contributed by atoms with Crippen LogP contribution in [-0.4, -0.2) is 52.9 Å². The Balaban J connectivity index is 2.43. The van der Waals surface area contributed by atoms with Crippen LogP contribution in [0.4, 0.5) is 0 Å². The Morgan fingerprint density at radius 3 is 2.28 bits per heavy atom. The Hall–Kier alpha value is -0.910. The number of likely N-dealkylation sites (N-methyl/N-ethyl adjacent to an activating group) is 1. The number of benzene rings is 1. The molecule has 0 radical (unpaired) electrons. The van der Waals surface area contributed by atoms with Gasteiger partial charge in [0.25, 0.3) is 0 Å². The highest BCUT2D eigenvalue weighted by atomic mass is 32.2. The second-order valence-electron chi connectivity index (χ2n) is 4.55. The standard InChI is InChI=1S/C13H21NO3S/c1-12-4-6-13(7-5-12)18(15,16)11-10-17-9-8-14(2)3/h4-7H,8-11H2,1-3H3. The van der Waals surface area contributed by atoms with Crippen molar-refractivity contribution in [3.8, 4) is 0 Å². The highest BCUT2D eigenvalue weighted by molar-refractivity contribution is 7.91.